The molecule has 5 heteroatoms. The third-order valence-electron chi connectivity index (χ3n) is 4.25. The lowest BCUT2D eigenvalue weighted by atomic mass is 9.96. The third kappa shape index (κ3) is 5.28. The van der Waals surface area contributed by atoms with Crippen LogP contribution in [0.25, 0.3) is 5.57 Å². The van der Waals surface area contributed by atoms with E-state index in [1.54, 1.807) is 0 Å². The first-order chi connectivity index (χ1) is 11.8. The van der Waals surface area contributed by atoms with E-state index in [-0.39, 0.29) is 0 Å². The van der Waals surface area contributed by atoms with E-state index >= 15 is 0 Å². The van der Waals surface area contributed by atoms with E-state index in [1.807, 2.05) is 31.1 Å². The van der Waals surface area contributed by atoms with E-state index in [4.69, 9.17) is 5.53 Å². The van der Waals surface area contributed by atoms with Crippen molar-refractivity contribution in [3.05, 3.63) is 60.0 Å². The second-order valence-electron chi connectivity index (χ2n) is 6.72. The highest BCUT2D eigenvalue weighted by atomic mass is 19.1. The molecule has 1 fully saturated rings. The summed E-state index contributed by atoms with van der Waals surface area (Å²) < 4.78 is 13.5. The Morgan fingerprint density at radius 3 is 2.72 bits per heavy atom. The van der Waals surface area contributed by atoms with Crippen LogP contribution in [0.4, 0.5) is 10.1 Å². The highest BCUT2D eigenvalue weighted by molar-refractivity contribution is 5.84. The summed E-state index contributed by atoms with van der Waals surface area (Å²) in [7, 11) is 1.90. The summed E-state index contributed by atoms with van der Waals surface area (Å²) in [5, 5.41) is 6.20. The standard InChI is InChI=1S/C20H27FN4/c1-13(11-25(5)12-14(2)24-22)15(3)19-10-18(17-6-7-17)8-9-20(19)23-16(4)21/h8-11,16-17,22-23H,2-3,6-7,12H2,1,4-5H3/b13-11-,24-22?. The number of nitrogens with zero attached hydrogens (tertiary/aromatic N) is 2. The van der Waals surface area contributed by atoms with Crippen molar-refractivity contribution in [1.82, 2.24) is 4.90 Å². The van der Waals surface area contributed by atoms with Crippen LogP contribution >= 0.6 is 0 Å². The monoisotopic (exact) mass is 342 g/mol. The highest BCUT2D eigenvalue weighted by Gasteiger charge is 2.24. The lowest BCUT2D eigenvalue weighted by molar-refractivity contribution is 0.402. The molecule has 0 aliphatic heterocycles. The lowest BCUT2D eigenvalue weighted by Crippen LogP contribution is -2.14. The van der Waals surface area contributed by atoms with Gasteiger partial charge in [-0.2, -0.15) is 5.11 Å². The number of likely N-dealkylation sites (N-methyl/N-ethyl adjacent to an activating group) is 1. The van der Waals surface area contributed by atoms with Crippen molar-refractivity contribution < 1.29 is 4.39 Å². The third-order valence-corrected chi connectivity index (χ3v) is 4.25. The van der Waals surface area contributed by atoms with Crippen molar-refractivity contribution >= 4 is 11.3 Å². The number of benzene rings is 1. The fraction of sp³-hybridized carbons (Fsp3) is 0.400. The average Bonchev–Trinajstić information content (AvgIpc) is 3.38. The van der Waals surface area contributed by atoms with E-state index in [9.17, 15) is 4.39 Å². The van der Waals surface area contributed by atoms with Gasteiger partial charge in [0, 0.05) is 24.5 Å². The molecule has 4 nitrogen and oxygen atoms in total. The molecule has 1 saturated carbocycles. The van der Waals surface area contributed by atoms with Crippen molar-refractivity contribution in [2.24, 2.45) is 5.11 Å². The van der Waals surface area contributed by atoms with Crippen LogP contribution in [0.5, 0.6) is 0 Å². The largest absolute Gasteiger partial charge is 0.374 e. The molecule has 0 radical (unpaired) electrons. The number of allylic oxidation sites excluding steroid dienone is 2. The lowest BCUT2D eigenvalue weighted by Gasteiger charge is -2.19. The number of alkyl halides is 1. The van der Waals surface area contributed by atoms with Gasteiger partial charge in [-0.15, -0.1) is 0 Å². The van der Waals surface area contributed by atoms with Gasteiger partial charge in [0.2, 0.25) is 0 Å². The molecule has 25 heavy (non-hydrogen) atoms. The Morgan fingerprint density at radius 1 is 1.48 bits per heavy atom. The van der Waals surface area contributed by atoms with E-state index in [2.05, 4.69) is 35.7 Å². The van der Waals surface area contributed by atoms with Gasteiger partial charge in [-0.1, -0.05) is 19.2 Å². The first kappa shape index (κ1) is 18.9. The van der Waals surface area contributed by atoms with Crippen LogP contribution in [0, 0.1) is 5.53 Å². The zero-order chi connectivity index (χ0) is 18.6. The van der Waals surface area contributed by atoms with E-state index in [1.165, 1.54) is 25.3 Å². The maximum Gasteiger partial charge on any atom is 0.167 e. The Bertz CT molecular complexity index is 702. The van der Waals surface area contributed by atoms with E-state index in [0.717, 1.165) is 22.4 Å². The Balaban J connectivity index is 2.27. The van der Waals surface area contributed by atoms with Crippen LogP contribution in [-0.2, 0) is 0 Å². The molecule has 0 aromatic heterocycles. The first-order valence-corrected chi connectivity index (χ1v) is 8.50. The van der Waals surface area contributed by atoms with Crippen molar-refractivity contribution in [3.8, 4) is 0 Å². The second-order valence-corrected chi connectivity index (χ2v) is 6.72. The van der Waals surface area contributed by atoms with Crippen LogP contribution in [0.15, 0.2) is 53.9 Å². The number of anilines is 1. The van der Waals surface area contributed by atoms with Gasteiger partial charge in [0.05, 0.1) is 12.2 Å². The van der Waals surface area contributed by atoms with Crippen molar-refractivity contribution in [1.29, 1.82) is 5.53 Å². The molecule has 0 spiro atoms. The minimum Gasteiger partial charge on any atom is -0.374 e. The summed E-state index contributed by atoms with van der Waals surface area (Å²) in [5.41, 5.74) is 12.3. The summed E-state index contributed by atoms with van der Waals surface area (Å²) in [5.74, 6) is 0.623. The predicted molar refractivity (Wildman–Crippen MR) is 102 cm³/mol. The molecule has 0 amide bonds. The molecule has 134 valence electrons. The quantitative estimate of drug-likeness (QED) is 0.344. The van der Waals surface area contributed by atoms with Crippen molar-refractivity contribution in [2.45, 2.75) is 38.9 Å². The Labute approximate surface area is 149 Å². The number of hydrogen-bond acceptors (Lipinski definition) is 4. The molecule has 1 aromatic carbocycles. The molecule has 0 bridgehead atoms. The predicted octanol–water partition coefficient (Wildman–Crippen LogP) is 5.68. The van der Waals surface area contributed by atoms with Crippen molar-refractivity contribution in [3.63, 3.8) is 0 Å². The molecule has 1 atom stereocenters. The molecule has 0 heterocycles. The van der Waals surface area contributed by atoms with E-state index < -0.39 is 6.30 Å². The van der Waals surface area contributed by atoms with Crippen molar-refractivity contribution in [2.75, 3.05) is 18.9 Å². The summed E-state index contributed by atoms with van der Waals surface area (Å²) in [4.78, 5) is 1.91. The van der Waals surface area contributed by atoms with Gasteiger partial charge in [0.25, 0.3) is 0 Å². The molecule has 2 N–H and O–H groups in total. The van der Waals surface area contributed by atoms with Gasteiger partial charge >= 0.3 is 0 Å². The van der Waals surface area contributed by atoms with Gasteiger partial charge in [0.1, 0.15) is 0 Å². The first-order valence-electron chi connectivity index (χ1n) is 8.50. The molecule has 1 aliphatic rings. The summed E-state index contributed by atoms with van der Waals surface area (Å²) in [6.45, 7) is 11.9. The molecule has 2 rings (SSSR count). The molecule has 0 saturated heterocycles. The normalized spacial score (nSPS) is 15.4. The Hall–Kier alpha value is -2.43. The zero-order valence-corrected chi connectivity index (χ0v) is 15.3. The van der Waals surface area contributed by atoms with Gasteiger partial charge in [-0.25, -0.2) is 9.92 Å². The minimum atomic E-state index is -1.13. The van der Waals surface area contributed by atoms with Gasteiger partial charge < -0.3 is 10.2 Å². The molecular formula is C20H27FN4. The smallest absolute Gasteiger partial charge is 0.167 e. The molecule has 1 aliphatic carbocycles. The fourth-order valence-electron chi connectivity index (χ4n) is 2.81. The summed E-state index contributed by atoms with van der Waals surface area (Å²) in [6.07, 6.45) is 3.25. The highest BCUT2D eigenvalue weighted by Crippen LogP contribution is 2.42. The SMILES string of the molecule is C=C(CN(C)/C=C(/C)C(=C)c1cc(C2CC2)ccc1NC(C)F)N=N. The zero-order valence-electron chi connectivity index (χ0n) is 15.3. The molecule has 1 aromatic rings. The topological polar surface area (TPSA) is 51.5 Å². The van der Waals surface area contributed by atoms with E-state index in [0.29, 0.717) is 18.2 Å². The Kier molecular flexibility index (Phi) is 6.12. The van der Waals surface area contributed by atoms with Gasteiger partial charge in [-0.3, -0.25) is 0 Å². The number of halogens is 1. The average molecular weight is 342 g/mol. The number of rotatable bonds is 9. The van der Waals surface area contributed by atoms with Gasteiger partial charge in [0.15, 0.2) is 6.30 Å². The second kappa shape index (κ2) is 8.10. The Morgan fingerprint density at radius 2 is 2.16 bits per heavy atom. The maximum atomic E-state index is 13.5. The molecule has 1 unspecified atom stereocenters. The fourth-order valence-corrected chi connectivity index (χ4v) is 2.81. The van der Waals surface area contributed by atoms with Crippen LogP contribution in [0.3, 0.4) is 0 Å². The minimum absolute atomic E-state index is 0.475. The van der Waals surface area contributed by atoms with Crippen LogP contribution in [0.2, 0.25) is 0 Å². The number of nitrogens with one attached hydrogen (secondary N) is 2. The maximum absolute atomic E-state index is 13.5. The van der Waals surface area contributed by atoms with Crippen LogP contribution in [0.1, 0.15) is 43.7 Å². The van der Waals surface area contributed by atoms with Crippen LogP contribution in [-0.4, -0.2) is 24.8 Å². The summed E-state index contributed by atoms with van der Waals surface area (Å²) >= 11 is 0. The molecular weight excluding hydrogens is 315 g/mol. The van der Waals surface area contributed by atoms with Crippen LogP contribution < -0.4 is 5.32 Å². The number of hydrogen-bond donors (Lipinski definition) is 2. The summed E-state index contributed by atoms with van der Waals surface area (Å²) in [6, 6.07) is 6.15. The van der Waals surface area contributed by atoms with Gasteiger partial charge in [-0.05, 0) is 61.4 Å².